The van der Waals surface area contributed by atoms with Crippen LogP contribution in [0.25, 0.3) is 21.9 Å². The van der Waals surface area contributed by atoms with Gasteiger partial charge in [0.15, 0.2) is 0 Å². The van der Waals surface area contributed by atoms with Crippen LogP contribution in [0, 0.1) is 0 Å². The maximum Gasteiger partial charge on any atom is 0.337 e. The highest BCUT2D eigenvalue weighted by molar-refractivity contribution is 8.15. The first-order valence-electron chi connectivity index (χ1n) is 12.4. The van der Waals surface area contributed by atoms with Gasteiger partial charge in [-0.3, -0.25) is 19.7 Å². The van der Waals surface area contributed by atoms with Crippen LogP contribution in [-0.2, 0) is 22.5 Å². The zero-order chi connectivity index (χ0) is 27.5. The standard InChI is InChI=1S/C31H26N2O5S/c1-33(29(35)25-12-10-24-17-26(30(36)38-2)13-11-23(24)16-25)18-20-4-3-5-22(14-20)21-8-6-19(7-9-21)15-27-28(34)32-31(37)39-27/h3-14,16-17,27H,15,18H2,1-2H3,(H,32,34,37). The van der Waals surface area contributed by atoms with E-state index in [0.717, 1.165) is 44.8 Å². The predicted molar refractivity (Wildman–Crippen MR) is 152 cm³/mol. The van der Waals surface area contributed by atoms with E-state index in [1.807, 2.05) is 60.7 Å². The van der Waals surface area contributed by atoms with E-state index in [9.17, 15) is 19.2 Å². The summed E-state index contributed by atoms with van der Waals surface area (Å²) in [6.45, 7) is 0.437. The monoisotopic (exact) mass is 538 g/mol. The van der Waals surface area contributed by atoms with Crippen LogP contribution >= 0.6 is 11.8 Å². The molecule has 5 rings (SSSR count). The van der Waals surface area contributed by atoms with Gasteiger partial charge in [-0.15, -0.1) is 0 Å². The molecule has 196 valence electrons. The minimum atomic E-state index is -0.398. The number of carbonyl (C=O) groups is 4. The number of ether oxygens (including phenoxy) is 1. The zero-order valence-electron chi connectivity index (χ0n) is 21.5. The molecule has 1 heterocycles. The van der Waals surface area contributed by atoms with Crippen LogP contribution in [0.15, 0.2) is 84.9 Å². The Labute approximate surface area is 230 Å². The van der Waals surface area contributed by atoms with Crippen molar-refractivity contribution >= 4 is 45.6 Å². The summed E-state index contributed by atoms with van der Waals surface area (Å²) in [7, 11) is 3.12. The molecule has 1 fully saturated rings. The van der Waals surface area contributed by atoms with Crippen molar-refractivity contribution in [2.75, 3.05) is 14.2 Å². The van der Waals surface area contributed by atoms with Gasteiger partial charge in [0.05, 0.1) is 17.9 Å². The minimum Gasteiger partial charge on any atom is -0.465 e. The molecule has 7 nitrogen and oxygen atoms in total. The summed E-state index contributed by atoms with van der Waals surface area (Å²) in [4.78, 5) is 49.9. The van der Waals surface area contributed by atoms with E-state index in [1.165, 1.54) is 7.11 Å². The number of methoxy groups -OCH3 is 1. The van der Waals surface area contributed by atoms with Gasteiger partial charge in [0, 0.05) is 19.2 Å². The van der Waals surface area contributed by atoms with Crippen molar-refractivity contribution in [2.45, 2.75) is 18.2 Å². The highest BCUT2D eigenvalue weighted by Gasteiger charge is 2.31. The number of hydrogen-bond acceptors (Lipinski definition) is 6. The SMILES string of the molecule is COC(=O)c1ccc2cc(C(=O)N(C)Cc3cccc(-c4ccc(CC5SC(=O)NC5=O)cc4)c3)ccc2c1. The molecule has 0 aliphatic carbocycles. The van der Waals surface area contributed by atoms with E-state index in [4.69, 9.17) is 4.74 Å². The number of rotatable bonds is 7. The summed E-state index contributed by atoms with van der Waals surface area (Å²) >= 11 is 1.03. The van der Waals surface area contributed by atoms with Crippen molar-refractivity contribution in [3.63, 3.8) is 0 Å². The number of carbonyl (C=O) groups excluding carboxylic acids is 4. The summed E-state index contributed by atoms with van der Waals surface area (Å²) in [6.07, 6.45) is 0.497. The molecule has 1 unspecified atom stereocenters. The van der Waals surface area contributed by atoms with Crippen molar-refractivity contribution in [3.8, 4) is 11.1 Å². The first kappa shape index (κ1) is 26.2. The minimum absolute atomic E-state index is 0.101. The maximum atomic E-state index is 13.2. The lowest BCUT2D eigenvalue weighted by Crippen LogP contribution is -2.26. The summed E-state index contributed by atoms with van der Waals surface area (Å²) in [5.41, 5.74) is 5.06. The number of hydrogen-bond donors (Lipinski definition) is 1. The molecule has 39 heavy (non-hydrogen) atoms. The zero-order valence-corrected chi connectivity index (χ0v) is 22.3. The van der Waals surface area contributed by atoms with Crippen LogP contribution in [0.4, 0.5) is 4.79 Å². The molecule has 0 aromatic heterocycles. The van der Waals surface area contributed by atoms with E-state index in [2.05, 4.69) is 11.4 Å². The largest absolute Gasteiger partial charge is 0.465 e. The highest BCUT2D eigenvalue weighted by Crippen LogP contribution is 2.26. The van der Waals surface area contributed by atoms with Gasteiger partial charge >= 0.3 is 5.97 Å². The lowest BCUT2D eigenvalue weighted by atomic mass is 10.00. The number of nitrogens with one attached hydrogen (secondary N) is 1. The summed E-state index contributed by atoms with van der Waals surface area (Å²) < 4.78 is 4.78. The molecule has 1 N–H and O–H groups in total. The molecular weight excluding hydrogens is 512 g/mol. The van der Waals surface area contributed by atoms with Crippen LogP contribution in [0.1, 0.15) is 31.8 Å². The van der Waals surface area contributed by atoms with Gasteiger partial charge in [0.25, 0.3) is 11.1 Å². The van der Waals surface area contributed by atoms with Gasteiger partial charge < -0.3 is 9.64 Å². The quantitative estimate of drug-likeness (QED) is 0.314. The van der Waals surface area contributed by atoms with Crippen molar-refractivity contribution in [3.05, 3.63) is 107 Å². The van der Waals surface area contributed by atoms with Gasteiger partial charge in [0.2, 0.25) is 5.91 Å². The normalized spacial score (nSPS) is 14.8. The van der Waals surface area contributed by atoms with E-state index in [0.29, 0.717) is 24.1 Å². The average Bonchev–Trinajstić information content (AvgIpc) is 3.27. The van der Waals surface area contributed by atoms with Gasteiger partial charge in [-0.05, 0) is 69.8 Å². The van der Waals surface area contributed by atoms with Crippen molar-refractivity contribution < 1.29 is 23.9 Å². The second kappa shape index (κ2) is 11.1. The number of nitrogens with zero attached hydrogens (tertiary/aromatic N) is 1. The first-order chi connectivity index (χ1) is 18.8. The molecule has 0 bridgehead atoms. The molecular formula is C31H26N2O5S. The Kier molecular flexibility index (Phi) is 7.47. The molecule has 1 saturated heterocycles. The smallest absolute Gasteiger partial charge is 0.337 e. The van der Waals surface area contributed by atoms with Gasteiger partial charge in [-0.2, -0.15) is 0 Å². The Morgan fingerprint density at radius 3 is 2.21 bits per heavy atom. The van der Waals surface area contributed by atoms with Crippen LogP contribution in [0.3, 0.4) is 0 Å². The molecule has 0 spiro atoms. The number of amides is 3. The number of fused-ring (bicyclic) bond motifs is 1. The second-order valence-electron chi connectivity index (χ2n) is 9.41. The molecule has 1 aliphatic heterocycles. The van der Waals surface area contributed by atoms with Gasteiger partial charge in [-0.25, -0.2) is 4.79 Å². The molecule has 8 heteroatoms. The summed E-state index contributed by atoms with van der Waals surface area (Å²) in [5.74, 6) is -0.738. The van der Waals surface area contributed by atoms with Crippen LogP contribution in [0.2, 0.25) is 0 Å². The average molecular weight is 539 g/mol. The highest BCUT2D eigenvalue weighted by atomic mass is 32.2. The molecule has 4 aromatic rings. The third-order valence-corrected chi connectivity index (χ3v) is 7.66. The van der Waals surface area contributed by atoms with Gasteiger partial charge in [0.1, 0.15) is 0 Å². The van der Waals surface area contributed by atoms with Gasteiger partial charge in [-0.1, -0.05) is 66.4 Å². The third kappa shape index (κ3) is 5.86. The predicted octanol–water partition coefficient (Wildman–Crippen LogP) is 5.46. The Hall–Kier alpha value is -4.43. The number of imide groups is 1. The summed E-state index contributed by atoms with van der Waals surface area (Å²) in [6, 6.07) is 26.7. The Balaban J connectivity index is 1.26. The number of thioether (sulfide) groups is 1. The number of esters is 1. The molecule has 1 aliphatic rings. The van der Waals surface area contributed by atoms with E-state index in [1.54, 1.807) is 30.1 Å². The third-order valence-electron chi connectivity index (χ3n) is 6.68. The fraction of sp³-hybridized carbons (Fsp3) is 0.161. The van der Waals surface area contributed by atoms with Crippen LogP contribution in [-0.4, -0.2) is 47.3 Å². The lowest BCUT2D eigenvalue weighted by Gasteiger charge is -2.18. The molecule has 1 atom stereocenters. The summed E-state index contributed by atoms with van der Waals surface area (Å²) in [5, 5.41) is 3.36. The molecule has 4 aromatic carbocycles. The van der Waals surface area contributed by atoms with Crippen LogP contribution < -0.4 is 5.32 Å². The maximum absolute atomic E-state index is 13.2. The van der Waals surface area contributed by atoms with E-state index < -0.39 is 5.97 Å². The molecule has 0 radical (unpaired) electrons. The Bertz CT molecular complexity index is 1600. The topological polar surface area (TPSA) is 92.8 Å². The molecule has 3 amide bonds. The van der Waals surface area contributed by atoms with Crippen molar-refractivity contribution in [1.82, 2.24) is 10.2 Å². The number of benzene rings is 4. The molecule has 0 saturated carbocycles. The lowest BCUT2D eigenvalue weighted by molar-refractivity contribution is -0.118. The Morgan fingerprint density at radius 2 is 1.54 bits per heavy atom. The second-order valence-corrected chi connectivity index (χ2v) is 10.6. The first-order valence-corrected chi connectivity index (χ1v) is 13.3. The van der Waals surface area contributed by atoms with E-state index in [-0.39, 0.29) is 22.3 Å². The fourth-order valence-corrected chi connectivity index (χ4v) is 5.47. The van der Waals surface area contributed by atoms with E-state index >= 15 is 0 Å². The van der Waals surface area contributed by atoms with Crippen molar-refractivity contribution in [1.29, 1.82) is 0 Å². The van der Waals surface area contributed by atoms with Crippen LogP contribution in [0.5, 0.6) is 0 Å². The Morgan fingerprint density at radius 1 is 0.846 bits per heavy atom. The fourth-order valence-electron chi connectivity index (χ4n) is 4.61. The van der Waals surface area contributed by atoms with Crippen molar-refractivity contribution in [2.24, 2.45) is 0 Å².